The largest absolute Gasteiger partial charge is 0.307 e. The van der Waals surface area contributed by atoms with E-state index in [4.69, 9.17) is 11.6 Å². The van der Waals surface area contributed by atoms with Crippen LogP contribution in [-0.4, -0.2) is 11.4 Å². The Bertz CT molecular complexity index is 352. The minimum atomic E-state index is -0.216. The molecule has 0 aliphatic carbocycles. The van der Waals surface area contributed by atoms with Gasteiger partial charge in [-0.1, -0.05) is 22.9 Å². The summed E-state index contributed by atoms with van der Waals surface area (Å²) in [5, 5.41) is 3.45. The number of nitrogens with one attached hydrogen (secondary N) is 1. The Hall–Kier alpha value is -0.120. The normalized spacial score (nSPS) is 14.6. The van der Waals surface area contributed by atoms with E-state index < -0.39 is 0 Å². The van der Waals surface area contributed by atoms with Crippen LogP contribution in [-0.2, 0) is 6.54 Å². The predicted octanol–water partition coefficient (Wildman–Crippen LogP) is 4.48. The molecular weight excluding hydrogens is 305 g/mol. The highest BCUT2D eigenvalue weighted by Crippen LogP contribution is 2.18. The van der Waals surface area contributed by atoms with E-state index in [0.29, 0.717) is 12.4 Å². The average molecular weight is 323 g/mol. The van der Waals surface area contributed by atoms with Gasteiger partial charge >= 0.3 is 0 Å². The molecule has 0 heterocycles. The Balaban J connectivity index is 2.65. The molecule has 0 fully saturated rings. The first kappa shape index (κ1) is 14.9. The molecule has 1 N–H and O–H groups in total. The number of alkyl halides is 1. The standard InChI is InChI=1S/C13H18BrClFN/c1-3-13(2,4-5-15)17-9-10-6-11(14)8-12(16)7-10/h6-8,17H,3-5,9H2,1-2H3. The number of hydrogen-bond acceptors (Lipinski definition) is 1. The van der Waals surface area contributed by atoms with Gasteiger partial charge in [-0.3, -0.25) is 0 Å². The zero-order valence-electron chi connectivity index (χ0n) is 10.2. The Morgan fingerprint density at radius 3 is 2.65 bits per heavy atom. The maximum absolute atomic E-state index is 13.2. The second-order valence-corrected chi connectivity index (χ2v) is 5.78. The molecule has 1 aromatic rings. The molecule has 96 valence electrons. The van der Waals surface area contributed by atoms with Crippen LogP contribution in [0.5, 0.6) is 0 Å². The van der Waals surface area contributed by atoms with E-state index in [0.717, 1.165) is 22.9 Å². The summed E-state index contributed by atoms with van der Waals surface area (Å²) < 4.78 is 14.0. The molecule has 0 aliphatic rings. The molecule has 0 spiro atoms. The Labute approximate surface area is 116 Å². The fraction of sp³-hybridized carbons (Fsp3) is 0.538. The molecule has 0 saturated heterocycles. The van der Waals surface area contributed by atoms with Gasteiger partial charge in [0.05, 0.1) is 0 Å². The topological polar surface area (TPSA) is 12.0 Å². The van der Waals surface area contributed by atoms with Gasteiger partial charge in [0.15, 0.2) is 0 Å². The Morgan fingerprint density at radius 1 is 1.41 bits per heavy atom. The molecule has 1 unspecified atom stereocenters. The third-order valence-electron chi connectivity index (χ3n) is 3.07. The van der Waals surface area contributed by atoms with Crippen molar-refractivity contribution >= 4 is 27.5 Å². The molecule has 4 heteroatoms. The molecule has 1 atom stereocenters. The molecule has 0 bridgehead atoms. The van der Waals surface area contributed by atoms with Crippen LogP contribution < -0.4 is 5.32 Å². The number of rotatable bonds is 6. The van der Waals surface area contributed by atoms with Crippen molar-refractivity contribution < 1.29 is 4.39 Å². The average Bonchev–Trinajstić information content (AvgIpc) is 2.26. The quantitative estimate of drug-likeness (QED) is 0.762. The van der Waals surface area contributed by atoms with Crippen molar-refractivity contribution in [2.75, 3.05) is 5.88 Å². The van der Waals surface area contributed by atoms with E-state index in [9.17, 15) is 4.39 Å². The lowest BCUT2D eigenvalue weighted by atomic mass is 9.95. The van der Waals surface area contributed by atoms with Crippen LogP contribution in [0.4, 0.5) is 4.39 Å². The van der Waals surface area contributed by atoms with E-state index in [-0.39, 0.29) is 11.4 Å². The minimum Gasteiger partial charge on any atom is -0.307 e. The van der Waals surface area contributed by atoms with Gasteiger partial charge in [-0.25, -0.2) is 4.39 Å². The summed E-state index contributed by atoms with van der Waals surface area (Å²) in [5.41, 5.74) is 0.951. The highest BCUT2D eigenvalue weighted by atomic mass is 79.9. The van der Waals surface area contributed by atoms with E-state index in [1.54, 1.807) is 6.07 Å². The van der Waals surface area contributed by atoms with Crippen molar-refractivity contribution in [3.8, 4) is 0 Å². The highest BCUT2D eigenvalue weighted by Gasteiger charge is 2.20. The van der Waals surface area contributed by atoms with E-state index in [2.05, 4.69) is 35.1 Å². The predicted molar refractivity (Wildman–Crippen MR) is 75.0 cm³/mol. The van der Waals surface area contributed by atoms with Gasteiger partial charge in [0.25, 0.3) is 0 Å². The van der Waals surface area contributed by atoms with Crippen LogP contribution in [0.25, 0.3) is 0 Å². The fourth-order valence-electron chi connectivity index (χ4n) is 1.63. The summed E-state index contributed by atoms with van der Waals surface area (Å²) in [5.74, 6) is 0.413. The van der Waals surface area contributed by atoms with Gasteiger partial charge in [0.2, 0.25) is 0 Å². The van der Waals surface area contributed by atoms with Crippen LogP contribution in [0.15, 0.2) is 22.7 Å². The monoisotopic (exact) mass is 321 g/mol. The minimum absolute atomic E-state index is 0.0144. The van der Waals surface area contributed by atoms with Crippen LogP contribution in [0.2, 0.25) is 0 Å². The van der Waals surface area contributed by atoms with Crippen LogP contribution >= 0.6 is 27.5 Å². The van der Waals surface area contributed by atoms with Crippen molar-refractivity contribution in [1.29, 1.82) is 0 Å². The zero-order valence-corrected chi connectivity index (χ0v) is 12.5. The van der Waals surface area contributed by atoms with Crippen molar-refractivity contribution in [2.45, 2.75) is 38.8 Å². The molecule has 1 aromatic carbocycles. The van der Waals surface area contributed by atoms with E-state index in [1.807, 2.05) is 6.07 Å². The van der Waals surface area contributed by atoms with Crippen LogP contribution in [0, 0.1) is 5.82 Å². The highest BCUT2D eigenvalue weighted by molar-refractivity contribution is 9.10. The first-order chi connectivity index (χ1) is 7.99. The van der Waals surface area contributed by atoms with Gasteiger partial charge in [-0.2, -0.15) is 0 Å². The van der Waals surface area contributed by atoms with Crippen molar-refractivity contribution in [1.82, 2.24) is 5.32 Å². The van der Waals surface area contributed by atoms with E-state index >= 15 is 0 Å². The number of halogens is 3. The molecule has 1 rings (SSSR count). The summed E-state index contributed by atoms with van der Waals surface area (Å²) in [6.45, 7) is 4.92. The lowest BCUT2D eigenvalue weighted by Gasteiger charge is -2.29. The van der Waals surface area contributed by atoms with Gasteiger partial charge in [-0.05, 0) is 43.5 Å². The summed E-state index contributed by atoms with van der Waals surface area (Å²) in [7, 11) is 0. The maximum atomic E-state index is 13.2. The van der Waals surface area contributed by atoms with Crippen molar-refractivity contribution in [3.05, 3.63) is 34.1 Å². The van der Waals surface area contributed by atoms with Gasteiger partial charge < -0.3 is 5.32 Å². The van der Waals surface area contributed by atoms with Gasteiger partial charge in [0, 0.05) is 22.4 Å². The zero-order chi connectivity index (χ0) is 12.9. The molecular formula is C13H18BrClFN. The first-order valence-corrected chi connectivity index (χ1v) is 7.08. The Kier molecular flexibility index (Phi) is 5.90. The third-order valence-corrected chi connectivity index (χ3v) is 3.72. The van der Waals surface area contributed by atoms with Crippen molar-refractivity contribution in [2.24, 2.45) is 0 Å². The molecule has 0 aliphatic heterocycles. The fourth-order valence-corrected chi connectivity index (χ4v) is 2.56. The second-order valence-electron chi connectivity index (χ2n) is 4.48. The molecule has 17 heavy (non-hydrogen) atoms. The first-order valence-electron chi connectivity index (χ1n) is 5.75. The lowest BCUT2D eigenvalue weighted by Crippen LogP contribution is -2.41. The third kappa shape index (κ3) is 4.94. The summed E-state index contributed by atoms with van der Waals surface area (Å²) >= 11 is 9.08. The number of benzene rings is 1. The summed E-state index contributed by atoms with van der Waals surface area (Å²) in [6, 6.07) is 4.93. The summed E-state index contributed by atoms with van der Waals surface area (Å²) in [6.07, 6.45) is 1.90. The summed E-state index contributed by atoms with van der Waals surface area (Å²) in [4.78, 5) is 0. The van der Waals surface area contributed by atoms with Gasteiger partial charge in [0.1, 0.15) is 5.82 Å². The Morgan fingerprint density at radius 2 is 2.12 bits per heavy atom. The molecule has 0 radical (unpaired) electrons. The SMILES string of the molecule is CCC(C)(CCCl)NCc1cc(F)cc(Br)c1. The van der Waals surface area contributed by atoms with Crippen molar-refractivity contribution in [3.63, 3.8) is 0 Å². The molecule has 1 nitrogen and oxygen atoms in total. The second kappa shape index (κ2) is 6.72. The van der Waals surface area contributed by atoms with Crippen LogP contribution in [0.1, 0.15) is 32.3 Å². The maximum Gasteiger partial charge on any atom is 0.124 e. The van der Waals surface area contributed by atoms with Crippen LogP contribution in [0.3, 0.4) is 0 Å². The molecule has 0 saturated carbocycles. The lowest BCUT2D eigenvalue weighted by molar-refractivity contribution is 0.331. The van der Waals surface area contributed by atoms with E-state index in [1.165, 1.54) is 6.07 Å². The smallest absolute Gasteiger partial charge is 0.124 e. The number of hydrogen-bond donors (Lipinski definition) is 1. The molecule has 0 aromatic heterocycles. The molecule has 0 amide bonds. The van der Waals surface area contributed by atoms with Gasteiger partial charge in [-0.15, -0.1) is 11.6 Å².